The number of benzene rings is 1. The Hall–Kier alpha value is -0.610. The standard InChI is InChI=1S/C15H23ClN2O/c1-12(13-3-5-14(16)6-4-13)18(2)15(11-17)7-9-19-10-8-15/h3-6,12H,7-11,17H2,1-2H3. The number of halogens is 1. The molecule has 0 spiro atoms. The molecule has 3 nitrogen and oxygen atoms in total. The summed E-state index contributed by atoms with van der Waals surface area (Å²) in [7, 11) is 2.16. The van der Waals surface area contributed by atoms with Gasteiger partial charge in [0.25, 0.3) is 0 Å². The topological polar surface area (TPSA) is 38.5 Å². The minimum atomic E-state index is 0.0529. The lowest BCUT2D eigenvalue weighted by molar-refractivity contribution is -0.0282. The van der Waals surface area contributed by atoms with Crippen molar-refractivity contribution < 1.29 is 4.74 Å². The van der Waals surface area contributed by atoms with E-state index in [0.717, 1.165) is 31.1 Å². The molecule has 19 heavy (non-hydrogen) atoms. The second-order valence-electron chi connectivity index (χ2n) is 5.38. The Labute approximate surface area is 120 Å². The zero-order valence-electron chi connectivity index (χ0n) is 11.7. The van der Waals surface area contributed by atoms with Crippen molar-refractivity contribution in [1.29, 1.82) is 0 Å². The summed E-state index contributed by atoms with van der Waals surface area (Å²) in [6.45, 7) is 4.49. The maximum atomic E-state index is 6.06. The molecule has 2 N–H and O–H groups in total. The van der Waals surface area contributed by atoms with Crippen LogP contribution in [0.3, 0.4) is 0 Å². The summed E-state index contributed by atoms with van der Waals surface area (Å²) < 4.78 is 5.48. The summed E-state index contributed by atoms with van der Waals surface area (Å²) in [6.07, 6.45) is 2.00. The highest BCUT2D eigenvalue weighted by Crippen LogP contribution is 2.33. The minimum absolute atomic E-state index is 0.0529. The third kappa shape index (κ3) is 3.11. The highest BCUT2D eigenvalue weighted by atomic mass is 35.5. The molecule has 0 aliphatic carbocycles. The number of hydrogen-bond acceptors (Lipinski definition) is 3. The van der Waals surface area contributed by atoms with Crippen LogP contribution >= 0.6 is 11.6 Å². The molecule has 1 aromatic carbocycles. The summed E-state index contributed by atoms with van der Waals surface area (Å²) in [4.78, 5) is 2.40. The maximum absolute atomic E-state index is 6.06. The van der Waals surface area contributed by atoms with E-state index in [1.807, 2.05) is 12.1 Å². The van der Waals surface area contributed by atoms with Gasteiger partial charge in [-0.05, 0) is 44.5 Å². The van der Waals surface area contributed by atoms with E-state index < -0.39 is 0 Å². The molecule has 1 aliphatic heterocycles. The fourth-order valence-electron chi connectivity index (χ4n) is 2.83. The second-order valence-corrected chi connectivity index (χ2v) is 5.82. The molecule has 2 rings (SSSR count). The predicted octanol–water partition coefficient (Wildman–Crippen LogP) is 2.84. The molecule has 4 heteroatoms. The first kappa shape index (κ1) is 14.8. The van der Waals surface area contributed by atoms with Gasteiger partial charge in [0.05, 0.1) is 0 Å². The highest BCUT2D eigenvalue weighted by molar-refractivity contribution is 6.30. The van der Waals surface area contributed by atoms with E-state index in [-0.39, 0.29) is 5.54 Å². The monoisotopic (exact) mass is 282 g/mol. The average Bonchev–Trinajstić information content (AvgIpc) is 2.47. The van der Waals surface area contributed by atoms with E-state index in [0.29, 0.717) is 12.6 Å². The number of nitrogens with two attached hydrogens (primary N) is 1. The fraction of sp³-hybridized carbons (Fsp3) is 0.600. The van der Waals surface area contributed by atoms with Crippen molar-refractivity contribution in [3.63, 3.8) is 0 Å². The normalized spacial score (nSPS) is 20.5. The lowest BCUT2D eigenvalue weighted by atomic mass is 9.86. The van der Waals surface area contributed by atoms with Gasteiger partial charge in [0.15, 0.2) is 0 Å². The molecule has 0 amide bonds. The molecule has 0 aromatic heterocycles. The van der Waals surface area contributed by atoms with E-state index in [1.165, 1.54) is 5.56 Å². The fourth-order valence-corrected chi connectivity index (χ4v) is 2.95. The van der Waals surface area contributed by atoms with Gasteiger partial charge in [0.2, 0.25) is 0 Å². The largest absolute Gasteiger partial charge is 0.381 e. The number of nitrogens with zero attached hydrogens (tertiary/aromatic N) is 1. The van der Waals surface area contributed by atoms with Crippen molar-refractivity contribution in [2.75, 3.05) is 26.8 Å². The average molecular weight is 283 g/mol. The molecule has 0 radical (unpaired) electrons. The summed E-state index contributed by atoms with van der Waals surface area (Å²) >= 11 is 5.95. The molecule has 1 unspecified atom stereocenters. The van der Waals surface area contributed by atoms with Gasteiger partial charge in [0, 0.05) is 36.4 Å². The Kier molecular flexibility index (Phi) is 4.85. The predicted molar refractivity (Wildman–Crippen MR) is 79.5 cm³/mol. The van der Waals surface area contributed by atoms with Gasteiger partial charge in [0.1, 0.15) is 0 Å². The molecule has 0 bridgehead atoms. The number of likely N-dealkylation sites (N-methyl/N-ethyl adjacent to an activating group) is 1. The van der Waals surface area contributed by atoms with Crippen LogP contribution in [0.2, 0.25) is 5.02 Å². The lowest BCUT2D eigenvalue weighted by Crippen LogP contribution is -2.55. The first-order chi connectivity index (χ1) is 9.09. The molecule has 0 saturated carbocycles. The van der Waals surface area contributed by atoms with Crippen LogP contribution in [0.15, 0.2) is 24.3 Å². The zero-order chi connectivity index (χ0) is 13.9. The van der Waals surface area contributed by atoms with Gasteiger partial charge in [-0.3, -0.25) is 4.90 Å². The third-order valence-corrected chi connectivity index (χ3v) is 4.74. The summed E-state index contributed by atoms with van der Waals surface area (Å²) in [5, 5.41) is 0.776. The van der Waals surface area contributed by atoms with Crippen molar-refractivity contribution in [3.05, 3.63) is 34.9 Å². The van der Waals surface area contributed by atoms with E-state index in [4.69, 9.17) is 22.1 Å². The van der Waals surface area contributed by atoms with Gasteiger partial charge in [-0.25, -0.2) is 0 Å². The first-order valence-corrected chi connectivity index (χ1v) is 7.23. The molecule has 1 atom stereocenters. The summed E-state index contributed by atoms with van der Waals surface area (Å²) in [5.74, 6) is 0. The van der Waals surface area contributed by atoms with Crippen LogP contribution in [0.5, 0.6) is 0 Å². The van der Waals surface area contributed by atoms with Crippen molar-refractivity contribution in [2.45, 2.75) is 31.3 Å². The lowest BCUT2D eigenvalue weighted by Gasteiger charge is -2.46. The summed E-state index contributed by atoms with van der Waals surface area (Å²) in [6, 6.07) is 8.39. The molecular formula is C15H23ClN2O. The van der Waals surface area contributed by atoms with Crippen LogP contribution in [-0.2, 0) is 4.74 Å². The van der Waals surface area contributed by atoms with Crippen molar-refractivity contribution in [1.82, 2.24) is 4.90 Å². The van der Waals surface area contributed by atoms with Crippen LogP contribution < -0.4 is 5.73 Å². The van der Waals surface area contributed by atoms with Crippen LogP contribution in [0.1, 0.15) is 31.4 Å². The maximum Gasteiger partial charge on any atom is 0.0484 e. The van der Waals surface area contributed by atoms with Crippen molar-refractivity contribution in [2.24, 2.45) is 5.73 Å². The van der Waals surface area contributed by atoms with Crippen LogP contribution in [-0.4, -0.2) is 37.2 Å². The Morgan fingerprint density at radius 3 is 2.42 bits per heavy atom. The third-order valence-electron chi connectivity index (χ3n) is 4.49. The Bertz CT molecular complexity index is 401. The number of hydrogen-bond donors (Lipinski definition) is 1. The van der Waals surface area contributed by atoms with Crippen LogP contribution in [0.4, 0.5) is 0 Å². The molecular weight excluding hydrogens is 260 g/mol. The van der Waals surface area contributed by atoms with Gasteiger partial charge >= 0.3 is 0 Å². The molecule has 1 aromatic rings. The Morgan fingerprint density at radius 2 is 1.89 bits per heavy atom. The Balaban J connectivity index is 2.16. The number of ether oxygens (including phenoxy) is 1. The molecule has 1 fully saturated rings. The van der Waals surface area contributed by atoms with E-state index in [9.17, 15) is 0 Å². The number of rotatable bonds is 4. The molecule has 1 heterocycles. The van der Waals surface area contributed by atoms with Gasteiger partial charge in [-0.15, -0.1) is 0 Å². The van der Waals surface area contributed by atoms with Crippen LogP contribution in [0, 0.1) is 0 Å². The zero-order valence-corrected chi connectivity index (χ0v) is 12.5. The van der Waals surface area contributed by atoms with Gasteiger partial charge < -0.3 is 10.5 Å². The van der Waals surface area contributed by atoms with E-state index in [1.54, 1.807) is 0 Å². The quantitative estimate of drug-likeness (QED) is 0.923. The summed E-state index contributed by atoms with van der Waals surface area (Å²) in [5.41, 5.74) is 7.38. The SMILES string of the molecule is CC(c1ccc(Cl)cc1)N(C)C1(CN)CCOCC1. The highest BCUT2D eigenvalue weighted by Gasteiger charge is 2.37. The molecule has 1 aliphatic rings. The molecule has 106 valence electrons. The Morgan fingerprint density at radius 1 is 1.32 bits per heavy atom. The first-order valence-electron chi connectivity index (χ1n) is 6.85. The molecule has 1 saturated heterocycles. The van der Waals surface area contributed by atoms with E-state index >= 15 is 0 Å². The van der Waals surface area contributed by atoms with Crippen molar-refractivity contribution >= 4 is 11.6 Å². The van der Waals surface area contributed by atoms with Crippen LogP contribution in [0.25, 0.3) is 0 Å². The van der Waals surface area contributed by atoms with Gasteiger partial charge in [-0.2, -0.15) is 0 Å². The van der Waals surface area contributed by atoms with Crippen molar-refractivity contribution in [3.8, 4) is 0 Å². The smallest absolute Gasteiger partial charge is 0.0484 e. The minimum Gasteiger partial charge on any atom is -0.381 e. The van der Waals surface area contributed by atoms with E-state index in [2.05, 4.69) is 31.0 Å². The second kappa shape index (κ2) is 6.23. The van der Waals surface area contributed by atoms with Gasteiger partial charge in [-0.1, -0.05) is 23.7 Å².